The largest absolute Gasteiger partial charge is 0.493 e. The van der Waals surface area contributed by atoms with E-state index < -0.39 is 68.8 Å². The predicted octanol–water partition coefficient (Wildman–Crippen LogP) is 21.4. The first-order valence-corrected chi connectivity index (χ1v) is 45.5. The lowest BCUT2D eigenvalue weighted by Crippen LogP contribution is -2.28. The van der Waals surface area contributed by atoms with Crippen molar-refractivity contribution in [2.75, 3.05) is 116 Å². The van der Waals surface area contributed by atoms with Gasteiger partial charge in [0.15, 0.2) is 46.0 Å². The fraction of sp³-hybridized carbons (Fsp3) is 0.456. The molecule has 30 heteroatoms. The number of nitrogens with zero attached hydrogens (tertiary/aromatic N) is 2. The number of hydrogen-bond donors (Lipinski definition) is 0. The van der Waals surface area contributed by atoms with Gasteiger partial charge in [0.2, 0.25) is 0 Å². The highest BCUT2D eigenvalue weighted by Gasteiger charge is 2.25. The van der Waals surface area contributed by atoms with Gasteiger partial charge in [-0.1, -0.05) is 134 Å². The summed E-state index contributed by atoms with van der Waals surface area (Å²) in [4.78, 5) is 82.7. The lowest BCUT2D eigenvalue weighted by atomic mass is 10.1. The molecule has 7 rings (SSSR count). The molecule has 133 heavy (non-hydrogen) atoms. The third-order valence-electron chi connectivity index (χ3n) is 21.1. The molecule has 2 unspecified atom stereocenters. The van der Waals surface area contributed by atoms with Gasteiger partial charge in [0, 0.05) is 55.0 Å². The highest BCUT2D eigenvalue weighted by molar-refractivity contribution is 5.91. The number of unbranched alkanes of at least 4 members (excludes halogenated alkanes) is 20. The molecule has 0 aliphatic rings. The first-order chi connectivity index (χ1) is 64.7. The molecule has 0 fully saturated rings. The van der Waals surface area contributed by atoms with Gasteiger partial charge in [0.1, 0.15) is 29.6 Å². The maximum atomic E-state index is 13.9. The Kier molecular flexibility index (Phi) is 51.0. The Bertz CT molecular complexity index is 4560. The number of non-ortho nitro benzene ring substituents is 2. The van der Waals surface area contributed by atoms with Gasteiger partial charge in [0.05, 0.1) is 157 Å². The summed E-state index contributed by atoms with van der Waals surface area (Å²) in [6.07, 6.45) is 32.9. The van der Waals surface area contributed by atoms with Gasteiger partial charge >= 0.3 is 29.8 Å². The maximum absolute atomic E-state index is 13.9. The third kappa shape index (κ3) is 42.5. The molecular weight excluding hydrogens is 1710 g/mol. The average molecular weight is 1850 g/mol. The predicted molar refractivity (Wildman–Crippen MR) is 506 cm³/mol. The molecule has 0 amide bonds. The zero-order chi connectivity index (χ0) is 95.4. The Labute approximate surface area is 781 Å². The van der Waals surface area contributed by atoms with Crippen LogP contribution in [0.2, 0.25) is 0 Å². The molecule has 2 atom stereocenters. The molecule has 721 valence electrons. The smallest absolute Gasteiger partial charge is 0.338 e. The minimum absolute atomic E-state index is 0.0288. The van der Waals surface area contributed by atoms with E-state index in [0.29, 0.717) is 127 Å². The van der Waals surface area contributed by atoms with Crippen molar-refractivity contribution in [2.24, 2.45) is 0 Å². The van der Waals surface area contributed by atoms with E-state index >= 15 is 0 Å². The Morgan fingerprint density at radius 3 is 0.820 bits per heavy atom. The number of carbonyl (C=O) groups is 5. The average Bonchev–Trinajstić information content (AvgIpc) is 0.830. The molecule has 0 saturated carbocycles. The fourth-order valence-electron chi connectivity index (χ4n) is 13.8. The van der Waals surface area contributed by atoms with Gasteiger partial charge < -0.3 is 90.0 Å². The summed E-state index contributed by atoms with van der Waals surface area (Å²) < 4.78 is 110. The molecule has 0 spiro atoms. The maximum Gasteiger partial charge on any atom is 0.338 e. The summed E-state index contributed by atoms with van der Waals surface area (Å²) >= 11 is 0. The van der Waals surface area contributed by atoms with E-state index in [2.05, 4.69) is 6.92 Å². The quantitative estimate of drug-likeness (QED) is 0.00853. The van der Waals surface area contributed by atoms with Crippen molar-refractivity contribution in [3.8, 4) is 69.0 Å². The first-order valence-electron chi connectivity index (χ1n) is 45.5. The van der Waals surface area contributed by atoms with Gasteiger partial charge in [-0.2, -0.15) is 0 Å². The minimum Gasteiger partial charge on any atom is -0.493 e. The fourth-order valence-corrected chi connectivity index (χ4v) is 13.8. The van der Waals surface area contributed by atoms with Crippen LogP contribution in [0.3, 0.4) is 0 Å². The minimum atomic E-state index is -1.04. The molecule has 0 saturated heterocycles. The zero-order valence-corrected chi connectivity index (χ0v) is 78.1. The van der Waals surface area contributed by atoms with Crippen LogP contribution in [-0.4, -0.2) is 168 Å². The van der Waals surface area contributed by atoms with E-state index in [-0.39, 0.29) is 32.7 Å². The molecule has 0 aliphatic heterocycles. The normalized spacial score (nSPS) is 11.7. The van der Waals surface area contributed by atoms with Crippen LogP contribution in [0.25, 0.3) is 24.3 Å². The Hall–Kier alpha value is -12.8. The van der Waals surface area contributed by atoms with Gasteiger partial charge in [-0.3, -0.25) is 20.2 Å². The lowest BCUT2D eigenvalue weighted by molar-refractivity contribution is -0.394. The van der Waals surface area contributed by atoms with Crippen LogP contribution in [0.4, 0.5) is 11.4 Å². The Balaban J connectivity index is 0.998. The molecule has 7 aromatic carbocycles. The van der Waals surface area contributed by atoms with Crippen LogP contribution in [0.5, 0.6) is 69.0 Å². The molecule has 0 N–H and O–H groups in total. The van der Waals surface area contributed by atoms with Crippen LogP contribution in [-0.2, 0) is 65.5 Å². The van der Waals surface area contributed by atoms with E-state index in [1.54, 1.807) is 77.0 Å². The molecule has 7 aromatic rings. The second-order valence-corrected chi connectivity index (χ2v) is 31.2. The number of carbonyl (C=O) groups excluding carboxylic acids is 5. The van der Waals surface area contributed by atoms with Crippen molar-refractivity contribution in [3.63, 3.8) is 0 Å². The van der Waals surface area contributed by atoms with E-state index in [0.717, 1.165) is 200 Å². The number of hydrogen-bond acceptors (Lipinski definition) is 28. The van der Waals surface area contributed by atoms with E-state index in [1.807, 2.05) is 84.9 Å². The topological polar surface area (TPSA) is 347 Å². The van der Waals surface area contributed by atoms with E-state index in [9.17, 15) is 44.2 Å². The van der Waals surface area contributed by atoms with Crippen molar-refractivity contribution in [2.45, 2.75) is 192 Å². The Morgan fingerprint density at radius 2 is 0.571 bits per heavy atom. The van der Waals surface area contributed by atoms with E-state index in [1.165, 1.54) is 52.7 Å². The van der Waals surface area contributed by atoms with Crippen molar-refractivity contribution in [1.29, 1.82) is 0 Å². The van der Waals surface area contributed by atoms with Gasteiger partial charge in [0.25, 0.3) is 11.4 Å². The van der Waals surface area contributed by atoms with Gasteiger partial charge in [-0.15, -0.1) is 0 Å². The molecular formula is C103H131N2O28. The van der Waals surface area contributed by atoms with Crippen molar-refractivity contribution >= 4 is 65.5 Å². The van der Waals surface area contributed by atoms with E-state index in [4.69, 9.17) is 90.0 Å². The second-order valence-electron chi connectivity index (χ2n) is 31.2. The zero-order valence-electron chi connectivity index (χ0n) is 78.1. The number of nitro benzene ring substituents is 2. The number of nitro groups is 2. The van der Waals surface area contributed by atoms with Crippen LogP contribution < -0.4 is 56.8 Å². The lowest BCUT2D eigenvalue weighted by Gasteiger charge is -2.24. The number of methoxy groups -OCH3 is 8. The SMILES string of the molecule is [CH2]CC(CC(COC(=O)c1cc([N+](=O)[O-])cc([N+](=O)[O-])c1)OCc1cc(OCCCCCCCCOc2ccc(/C=C/C(=O)OC)cc2OC)cc(OCCCCCCCCOc2ccc(/C=C/C(=O)OC)cc2OC)c1)OCc1cc(OCCCCCCCCOc2ccc(/C=C/C(=O)OC)cc2OC)cc(OCCCCCCCCOc2ccc(/C=C/C(=O)OC)cc2OC)c1. The summed E-state index contributed by atoms with van der Waals surface area (Å²) in [5.41, 5.74) is 2.80. The van der Waals surface area contributed by atoms with Crippen LogP contribution >= 0.6 is 0 Å². The van der Waals surface area contributed by atoms with Crippen LogP contribution in [0.15, 0.2) is 152 Å². The molecule has 0 aromatic heterocycles. The summed E-state index contributed by atoms with van der Waals surface area (Å²) in [5, 5.41) is 23.9. The number of esters is 5. The second kappa shape index (κ2) is 63.3. The van der Waals surface area contributed by atoms with Gasteiger partial charge in [-0.05, 0) is 188 Å². The van der Waals surface area contributed by atoms with Gasteiger partial charge in [-0.25, -0.2) is 24.0 Å². The summed E-state index contributed by atoms with van der Waals surface area (Å²) in [6, 6.07) is 35.8. The van der Waals surface area contributed by atoms with Crippen molar-refractivity contribution in [1.82, 2.24) is 0 Å². The highest BCUT2D eigenvalue weighted by Crippen LogP contribution is 2.36. The molecule has 0 bridgehead atoms. The number of ether oxygens (including phenoxy) is 19. The van der Waals surface area contributed by atoms with Crippen molar-refractivity contribution in [3.05, 3.63) is 218 Å². The van der Waals surface area contributed by atoms with Crippen LogP contribution in [0.1, 0.15) is 211 Å². The third-order valence-corrected chi connectivity index (χ3v) is 21.1. The highest BCUT2D eigenvalue weighted by atomic mass is 16.6. The summed E-state index contributed by atoms with van der Waals surface area (Å²) in [6.45, 7) is 7.72. The molecule has 30 nitrogen and oxygen atoms in total. The molecule has 0 aliphatic carbocycles. The summed E-state index contributed by atoms with van der Waals surface area (Å²) in [5.74, 6) is 4.16. The van der Waals surface area contributed by atoms with Crippen LogP contribution in [0, 0.1) is 27.2 Å². The molecule has 0 heterocycles. The number of rotatable bonds is 70. The first kappa shape index (κ1) is 107. The Morgan fingerprint density at radius 1 is 0.316 bits per heavy atom. The molecule has 1 radical (unpaired) electrons. The summed E-state index contributed by atoms with van der Waals surface area (Å²) in [7, 11) is 11.6. The number of benzene rings is 7. The van der Waals surface area contributed by atoms with Crippen molar-refractivity contribution < 1.29 is 124 Å². The standard InChI is InChI=1S/C103H131N2O28/c1-10-85(131-73-80-59-86(123-51-27-19-11-15-23-31-55-127-91-43-35-76(63-95(91)115-2)39-47-99(106)119-6)71-87(60-80)124-52-28-20-12-16-24-32-56-128-92-44-36-77(64-96(92)116-3)40-48-100(107)120-7)70-90(75-133-103(110)82-67-83(104(111)112)69-84(68-82)105(113)114)132-74-81-61-88(125-53-29-21-13-17-25-33-57-129-93-45-37-78(65-97(93)117-4)41-49-101(108)121-8)72-89(62-81)126-54-30-22-14-18-26-34-58-130-94-46-38-79(66-98(94)118-5)42-50-102(109)122-9/h35-50,59-69,71-72,85,90H,1,10-34,51-58,70,73-75H2,2-9H3/b47-39+,48-40+,49-41+,50-42+. The monoisotopic (exact) mass is 1840 g/mol.